The minimum atomic E-state index is 0.139. The molecule has 2 aromatic rings. The highest BCUT2D eigenvalue weighted by Gasteiger charge is 2.54. The van der Waals surface area contributed by atoms with Gasteiger partial charge in [-0.15, -0.1) is 0 Å². The molecule has 0 spiro atoms. The van der Waals surface area contributed by atoms with Crippen LogP contribution in [-0.2, 0) is 16.8 Å². The Morgan fingerprint density at radius 3 is 2.38 bits per heavy atom. The topological polar surface area (TPSA) is 33.1 Å². The average Bonchev–Trinajstić information content (AvgIpc) is 3.24. The summed E-state index contributed by atoms with van der Waals surface area (Å²) < 4.78 is 5.89. The third kappa shape index (κ3) is 3.06. The molecule has 0 heterocycles. The first-order valence-corrected chi connectivity index (χ1v) is 7.51. The van der Waals surface area contributed by atoms with Crippen LogP contribution in [0.2, 0.25) is 0 Å². The van der Waals surface area contributed by atoms with Crippen molar-refractivity contribution in [2.45, 2.75) is 24.9 Å². The van der Waals surface area contributed by atoms with Crippen LogP contribution in [0, 0.1) is 11.3 Å². The average molecular weight is 279 g/mol. The molecule has 1 aliphatic rings. The Morgan fingerprint density at radius 2 is 1.71 bits per heavy atom. The zero-order valence-corrected chi connectivity index (χ0v) is 12.2. The van der Waals surface area contributed by atoms with Crippen molar-refractivity contribution in [3.05, 3.63) is 71.8 Å². The molecule has 0 bridgehead atoms. The lowest BCUT2D eigenvalue weighted by Gasteiger charge is -2.16. The van der Waals surface area contributed by atoms with E-state index >= 15 is 0 Å². The Labute approximate surface area is 126 Å². The first-order valence-electron chi connectivity index (χ1n) is 7.51. The maximum atomic E-state index is 7.48. The van der Waals surface area contributed by atoms with Crippen molar-refractivity contribution >= 4 is 6.21 Å². The van der Waals surface area contributed by atoms with Gasteiger partial charge in [0.05, 0.1) is 13.2 Å². The van der Waals surface area contributed by atoms with Crippen LogP contribution >= 0.6 is 0 Å². The molecule has 21 heavy (non-hydrogen) atoms. The van der Waals surface area contributed by atoms with Gasteiger partial charge in [0.25, 0.3) is 0 Å². The summed E-state index contributed by atoms with van der Waals surface area (Å²) in [7, 11) is 0. The second-order valence-corrected chi connectivity index (χ2v) is 5.83. The summed E-state index contributed by atoms with van der Waals surface area (Å²) in [4.78, 5) is 0. The summed E-state index contributed by atoms with van der Waals surface area (Å²) in [6, 6.07) is 20.9. The molecule has 3 rings (SSSR count). The molecular formula is C19H21NO. The van der Waals surface area contributed by atoms with Gasteiger partial charge in [-0.05, 0) is 36.1 Å². The monoisotopic (exact) mass is 279 g/mol. The van der Waals surface area contributed by atoms with E-state index in [1.807, 2.05) is 24.3 Å². The number of hydrogen-bond acceptors (Lipinski definition) is 2. The molecule has 0 aromatic heterocycles. The number of benzene rings is 2. The van der Waals surface area contributed by atoms with E-state index in [0.717, 1.165) is 19.4 Å². The molecule has 0 aliphatic heterocycles. The smallest absolute Gasteiger partial charge is 0.0717 e. The molecule has 1 N–H and O–H groups in total. The maximum absolute atomic E-state index is 7.48. The Kier molecular flexibility index (Phi) is 4.16. The summed E-state index contributed by atoms with van der Waals surface area (Å²) in [5, 5.41) is 7.48. The molecule has 2 atom stereocenters. The summed E-state index contributed by atoms with van der Waals surface area (Å²) in [6.07, 6.45) is 3.49. The Bertz CT molecular complexity index is 581. The molecule has 0 amide bonds. The van der Waals surface area contributed by atoms with Gasteiger partial charge in [0, 0.05) is 5.41 Å². The minimum Gasteiger partial charge on any atom is -0.376 e. The summed E-state index contributed by atoms with van der Waals surface area (Å²) in [5.74, 6) is 0.533. The van der Waals surface area contributed by atoms with Crippen LogP contribution in [0.5, 0.6) is 0 Å². The largest absolute Gasteiger partial charge is 0.376 e. The number of rotatable bonds is 7. The van der Waals surface area contributed by atoms with E-state index in [1.165, 1.54) is 11.1 Å². The lowest BCUT2D eigenvalue weighted by atomic mass is 9.90. The number of nitrogens with one attached hydrogen (secondary N) is 1. The van der Waals surface area contributed by atoms with Crippen molar-refractivity contribution < 1.29 is 4.74 Å². The summed E-state index contributed by atoms with van der Waals surface area (Å²) in [5.41, 5.74) is 2.71. The third-order valence-corrected chi connectivity index (χ3v) is 4.48. The Morgan fingerprint density at radius 1 is 1.05 bits per heavy atom. The van der Waals surface area contributed by atoms with E-state index < -0.39 is 0 Å². The van der Waals surface area contributed by atoms with Crippen LogP contribution in [-0.4, -0.2) is 12.8 Å². The van der Waals surface area contributed by atoms with Gasteiger partial charge in [-0.2, -0.15) is 0 Å². The van der Waals surface area contributed by atoms with Crippen LogP contribution in [0.1, 0.15) is 24.0 Å². The molecular weight excluding hydrogens is 258 g/mol. The SMILES string of the molecule is N=CC[C@]1(c2ccccc2)C[C@H]1COCc1ccccc1. The fraction of sp³-hybridized carbons (Fsp3) is 0.316. The van der Waals surface area contributed by atoms with Gasteiger partial charge in [0.1, 0.15) is 0 Å². The first-order chi connectivity index (χ1) is 10.3. The molecule has 1 aliphatic carbocycles. The van der Waals surface area contributed by atoms with Gasteiger partial charge in [-0.1, -0.05) is 60.7 Å². The minimum absolute atomic E-state index is 0.139. The fourth-order valence-corrected chi connectivity index (χ4v) is 3.17. The normalized spacial score (nSPS) is 23.7. The molecule has 0 radical (unpaired) electrons. The van der Waals surface area contributed by atoms with E-state index in [-0.39, 0.29) is 5.41 Å². The first kappa shape index (κ1) is 14.0. The standard InChI is InChI=1S/C19H21NO/c20-12-11-19(17-9-5-2-6-10-17)13-18(19)15-21-14-16-7-3-1-4-8-16/h1-10,12,18,20H,11,13-15H2/t18-,19+/m0/s1. The third-order valence-electron chi connectivity index (χ3n) is 4.48. The van der Waals surface area contributed by atoms with Crippen molar-refractivity contribution in [1.82, 2.24) is 0 Å². The van der Waals surface area contributed by atoms with E-state index in [2.05, 4.69) is 36.4 Å². The predicted octanol–water partition coefficient (Wildman–Crippen LogP) is 4.20. The van der Waals surface area contributed by atoms with Gasteiger partial charge in [0.2, 0.25) is 0 Å². The maximum Gasteiger partial charge on any atom is 0.0717 e. The summed E-state index contributed by atoms with van der Waals surface area (Å²) in [6.45, 7) is 1.45. The lowest BCUT2D eigenvalue weighted by molar-refractivity contribution is 0.106. The molecule has 2 aromatic carbocycles. The zero-order valence-electron chi connectivity index (χ0n) is 12.2. The number of ether oxygens (including phenoxy) is 1. The molecule has 2 heteroatoms. The Hall–Kier alpha value is -1.93. The van der Waals surface area contributed by atoms with Crippen molar-refractivity contribution in [3.8, 4) is 0 Å². The molecule has 1 saturated carbocycles. The number of hydrogen-bond donors (Lipinski definition) is 1. The predicted molar refractivity (Wildman–Crippen MR) is 85.7 cm³/mol. The van der Waals surface area contributed by atoms with E-state index in [4.69, 9.17) is 10.1 Å². The van der Waals surface area contributed by atoms with Gasteiger partial charge in [0.15, 0.2) is 0 Å². The van der Waals surface area contributed by atoms with Crippen LogP contribution in [0.25, 0.3) is 0 Å². The quantitative estimate of drug-likeness (QED) is 0.757. The van der Waals surface area contributed by atoms with Gasteiger partial charge >= 0.3 is 0 Å². The van der Waals surface area contributed by atoms with Gasteiger partial charge in [-0.3, -0.25) is 0 Å². The molecule has 2 nitrogen and oxygen atoms in total. The summed E-state index contributed by atoms with van der Waals surface area (Å²) >= 11 is 0. The van der Waals surface area contributed by atoms with E-state index in [9.17, 15) is 0 Å². The van der Waals surface area contributed by atoms with Crippen molar-refractivity contribution in [2.24, 2.45) is 5.92 Å². The Balaban J connectivity index is 1.59. The second kappa shape index (κ2) is 6.23. The van der Waals surface area contributed by atoms with E-state index in [1.54, 1.807) is 6.21 Å². The van der Waals surface area contributed by atoms with Gasteiger partial charge < -0.3 is 10.1 Å². The lowest BCUT2D eigenvalue weighted by Crippen LogP contribution is -2.13. The van der Waals surface area contributed by atoms with Gasteiger partial charge in [-0.25, -0.2) is 0 Å². The fourth-order valence-electron chi connectivity index (χ4n) is 3.17. The molecule has 108 valence electrons. The van der Waals surface area contributed by atoms with Crippen LogP contribution < -0.4 is 0 Å². The highest BCUT2D eigenvalue weighted by molar-refractivity contribution is 5.59. The zero-order chi connectivity index (χ0) is 14.5. The highest BCUT2D eigenvalue weighted by atomic mass is 16.5. The van der Waals surface area contributed by atoms with Crippen LogP contribution in [0.3, 0.4) is 0 Å². The second-order valence-electron chi connectivity index (χ2n) is 5.83. The van der Waals surface area contributed by atoms with Crippen molar-refractivity contribution in [3.63, 3.8) is 0 Å². The molecule has 0 saturated heterocycles. The highest BCUT2D eigenvalue weighted by Crippen LogP contribution is 2.56. The molecule has 1 fully saturated rings. The molecule has 0 unspecified atom stereocenters. The van der Waals surface area contributed by atoms with E-state index in [0.29, 0.717) is 12.5 Å². The van der Waals surface area contributed by atoms with Crippen LogP contribution in [0.4, 0.5) is 0 Å². The van der Waals surface area contributed by atoms with Crippen molar-refractivity contribution in [2.75, 3.05) is 6.61 Å². The van der Waals surface area contributed by atoms with Crippen molar-refractivity contribution in [1.29, 1.82) is 5.41 Å². The van der Waals surface area contributed by atoms with Crippen LogP contribution in [0.15, 0.2) is 60.7 Å².